The molecule has 0 aliphatic rings. The Bertz CT molecular complexity index is 1620. The zero-order valence-corrected chi connectivity index (χ0v) is 29.1. The summed E-state index contributed by atoms with van der Waals surface area (Å²) in [6, 6.07) is 39.2. The molecular weight excluding hydrogens is 623 g/mol. The van der Waals surface area contributed by atoms with Crippen LogP contribution in [0, 0.1) is 27.7 Å². The van der Waals surface area contributed by atoms with Crippen molar-refractivity contribution in [2.45, 2.75) is 40.8 Å². The van der Waals surface area contributed by atoms with Gasteiger partial charge in [0.2, 0.25) is 0 Å². The molecule has 0 aliphatic heterocycles. The van der Waals surface area contributed by atoms with Gasteiger partial charge in [0.05, 0.1) is 0 Å². The molecule has 0 amide bonds. The normalized spacial score (nSPS) is 10.5. The van der Waals surface area contributed by atoms with Gasteiger partial charge in [0.25, 0.3) is 0 Å². The maximum atomic E-state index is 5.62. The third kappa shape index (κ3) is 7.54. The topological polar surface area (TPSA) is 0 Å². The van der Waals surface area contributed by atoms with E-state index in [1.165, 1.54) is 66.1 Å². The summed E-state index contributed by atoms with van der Waals surface area (Å²) in [5.41, 5.74) is 10.4. The van der Waals surface area contributed by atoms with Crippen LogP contribution < -0.4 is 0 Å². The summed E-state index contributed by atoms with van der Waals surface area (Å²) in [6.07, 6.45) is 0. The molecule has 0 radical (unpaired) electrons. The van der Waals surface area contributed by atoms with E-state index >= 15 is 0 Å². The number of hydrogen-bond donors (Lipinski definition) is 0. The SMILES string of the molecule is C[Si](C)=[Zr]([Cl])[Cl].Cc1cc2c(-c3ccccc3)ccc(C)c2[cH-]1.Cc1cc2c(-c3ccccc3)ccc(C)c2[cH-]1. The molecule has 0 spiro atoms. The van der Waals surface area contributed by atoms with Crippen LogP contribution >= 0.6 is 17.0 Å². The van der Waals surface area contributed by atoms with Crippen LogP contribution in [0.25, 0.3) is 43.8 Å². The average molecular weight is 659 g/mol. The molecule has 0 aromatic heterocycles. The Hall–Kier alpha value is -2.22. The fourth-order valence-electron chi connectivity index (χ4n) is 4.92. The molecule has 6 aromatic carbocycles. The van der Waals surface area contributed by atoms with Crippen LogP contribution in [0.2, 0.25) is 13.1 Å². The van der Waals surface area contributed by atoms with E-state index in [2.05, 4.69) is 150 Å². The molecule has 0 saturated heterocycles. The average Bonchev–Trinajstić information content (AvgIpc) is 3.54. The van der Waals surface area contributed by atoms with Gasteiger partial charge in [0.1, 0.15) is 0 Å². The minimum atomic E-state index is -1.65. The van der Waals surface area contributed by atoms with Crippen LogP contribution in [0.3, 0.4) is 0 Å². The fourth-order valence-corrected chi connectivity index (χ4v) is 4.92. The Morgan fingerprint density at radius 2 is 0.900 bits per heavy atom. The molecule has 4 heteroatoms. The summed E-state index contributed by atoms with van der Waals surface area (Å²) < 4.78 is 0. The number of fused-ring (bicyclic) bond motifs is 2. The Labute approximate surface area is 254 Å². The van der Waals surface area contributed by atoms with Crippen molar-refractivity contribution in [2.24, 2.45) is 0 Å². The van der Waals surface area contributed by atoms with Crippen LogP contribution in [0.5, 0.6) is 0 Å². The summed E-state index contributed by atoms with van der Waals surface area (Å²) in [6.45, 7) is 13.0. The summed E-state index contributed by atoms with van der Waals surface area (Å²) in [7, 11) is 11.2. The molecule has 0 bridgehead atoms. The monoisotopic (exact) mass is 656 g/mol. The predicted molar refractivity (Wildman–Crippen MR) is 178 cm³/mol. The van der Waals surface area contributed by atoms with Crippen molar-refractivity contribution in [1.82, 2.24) is 0 Å². The van der Waals surface area contributed by atoms with E-state index < -0.39 is 18.0 Å². The molecule has 0 unspecified atom stereocenters. The standard InChI is InChI=1S/2C17H15.C2H6Si.2ClH.Zr/c2*1-12-10-16-13(2)8-9-15(17(16)11-12)14-6-4-3-5-7-14;1-3-2;;;/h2*3-11H,1-2H3;1-2H3;2*1H;/q2*-1;;;;+2/p-2. The largest absolute Gasteiger partial charge is 0.165 e. The molecule has 204 valence electrons. The predicted octanol–water partition coefficient (Wildman–Crippen LogP) is 11.8. The minimum absolute atomic E-state index is 0.224. The van der Waals surface area contributed by atoms with Gasteiger partial charge in [0, 0.05) is 0 Å². The molecule has 6 aromatic rings. The van der Waals surface area contributed by atoms with Gasteiger partial charge >= 0.3 is 53.5 Å². The summed E-state index contributed by atoms with van der Waals surface area (Å²) in [5, 5.41) is 5.50. The van der Waals surface area contributed by atoms with Crippen LogP contribution in [-0.2, 0) is 18.0 Å². The molecule has 0 aliphatic carbocycles. The van der Waals surface area contributed by atoms with Gasteiger partial charge < -0.3 is 0 Å². The number of halogens is 2. The number of hydrogen-bond acceptors (Lipinski definition) is 0. The van der Waals surface area contributed by atoms with E-state index in [1.54, 1.807) is 0 Å². The van der Waals surface area contributed by atoms with Crippen molar-refractivity contribution in [3.8, 4) is 22.3 Å². The van der Waals surface area contributed by atoms with Crippen molar-refractivity contribution in [3.63, 3.8) is 0 Å². The number of benzene rings is 4. The van der Waals surface area contributed by atoms with Crippen molar-refractivity contribution in [3.05, 3.63) is 131 Å². The summed E-state index contributed by atoms with van der Waals surface area (Å²) >= 11 is -1.65. The molecule has 0 atom stereocenters. The zero-order valence-electron chi connectivity index (χ0n) is 24.1. The molecular formula is C36H36Cl2SiZr-2. The third-order valence-corrected chi connectivity index (χ3v) is 26.8. The first kappa shape index (κ1) is 30.7. The van der Waals surface area contributed by atoms with Crippen LogP contribution in [-0.4, -0.2) is 5.43 Å². The Kier molecular flexibility index (Phi) is 10.8. The third-order valence-electron chi connectivity index (χ3n) is 7.05. The molecule has 0 fully saturated rings. The summed E-state index contributed by atoms with van der Waals surface area (Å²) in [5.74, 6) is 0. The molecule has 6 rings (SSSR count). The van der Waals surface area contributed by atoms with Gasteiger partial charge in [-0.3, -0.25) is 0 Å². The Balaban J connectivity index is 0.000000155. The zero-order chi connectivity index (χ0) is 28.8. The van der Waals surface area contributed by atoms with Gasteiger partial charge in [-0.1, -0.05) is 112 Å². The van der Waals surface area contributed by atoms with E-state index in [1.807, 2.05) is 0 Å². The van der Waals surface area contributed by atoms with Crippen LogP contribution in [0.4, 0.5) is 0 Å². The Morgan fingerprint density at radius 3 is 1.23 bits per heavy atom. The minimum Gasteiger partial charge on any atom is -0.165 e. The van der Waals surface area contributed by atoms with Gasteiger partial charge in [-0.05, 0) is 11.1 Å². The second kappa shape index (κ2) is 14.1. The number of aryl methyl sites for hydroxylation is 4. The smallest absolute Gasteiger partial charge is 0.0279 e. The Morgan fingerprint density at radius 1 is 0.550 bits per heavy atom. The molecule has 0 saturated carbocycles. The van der Waals surface area contributed by atoms with E-state index in [0.717, 1.165) is 0 Å². The molecule has 0 N–H and O–H groups in total. The first-order valence-corrected chi connectivity index (χ1v) is 26.1. The van der Waals surface area contributed by atoms with Gasteiger partial charge in [-0.25, -0.2) is 0 Å². The maximum Gasteiger partial charge on any atom is -0.0279 e. The van der Waals surface area contributed by atoms with E-state index in [4.69, 9.17) is 17.0 Å². The fraction of sp³-hybridized carbons (Fsp3) is 0.167. The van der Waals surface area contributed by atoms with E-state index in [0.29, 0.717) is 0 Å². The van der Waals surface area contributed by atoms with E-state index in [-0.39, 0.29) is 5.43 Å². The first-order chi connectivity index (χ1) is 19.2. The van der Waals surface area contributed by atoms with Crippen molar-refractivity contribution in [1.29, 1.82) is 0 Å². The maximum absolute atomic E-state index is 5.62. The van der Waals surface area contributed by atoms with Crippen molar-refractivity contribution in [2.75, 3.05) is 0 Å². The summed E-state index contributed by atoms with van der Waals surface area (Å²) in [4.78, 5) is 0. The van der Waals surface area contributed by atoms with Gasteiger partial charge in [0.15, 0.2) is 0 Å². The molecule has 0 heterocycles. The first-order valence-electron chi connectivity index (χ1n) is 13.6. The van der Waals surface area contributed by atoms with Gasteiger partial charge in [-0.2, -0.15) is 12.1 Å². The quantitative estimate of drug-likeness (QED) is 0.128. The second-order valence-electron chi connectivity index (χ2n) is 10.6. The second-order valence-corrected chi connectivity index (χ2v) is 33.6. The van der Waals surface area contributed by atoms with Gasteiger partial charge in [-0.15, -0.1) is 68.1 Å². The van der Waals surface area contributed by atoms with Crippen molar-refractivity contribution < 1.29 is 18.0 Å². The van der Waals surface area contributed by atoms with Crippen LogP contribution in [0.15, 0.2) is 109 Å². The van der Waals surface area contributed by atoms with Crippen molar-refractivity contribution >= 4 is 44.0 Å². The van der Waals surface area contributed by atoms with E-state index in [9.17, 15) is 0 Å². The van der Waals surface area contributed by atoms with Crippen LogP contribution in [0.1, 0.15) is 22.3 Å². The number of rotatable bonds is 2. The molecule has 40 heavy (non-hydrogen) atoms. The molecule has 0 nitrogen and oxygen atoms in total.